The third-order valence-corrected chi connectivity index (χ3v) is 10.5. The van der Waals surface area contributed by atoms with E-state index < -0.39 is 5.60 Å². The van der Waals surface area contributed by atoms with Crippen molar-refractivity contribution >= 4 is 5.91 Å². The fourth-order valence-electron chi connectivity index (χ4n) is 8.56. The van der Waals surface area contributed by atoms with Crippen LogP contribution in [0.25, 0.3) is 0 Å². The number of hydrogen-bond donors (Lipinski definition) is 1. The molecule has 1 N–H and O–H groups in total. The molecule has 0 radical (unpaired) electrons. The maximum atomic E-state index is 12.1. The van der Waals surface area contributed by atoms with E-state index in [2.05, 4.69) is 26.8 Å². The maximum Gasteiger partial charge on any atom is 0.222 e. The molecule has 4 aliphatic carbocycles. The van der Waals surface area contributed by atoms with Gasteiger partial charge in [0.05, 0.1) is 5.60 Å². The molecule has 0 saturated heterocycles. The summed E-state index contributed by atoms with van der Waals surface area (Å²) >= 11 is 0. The SMILES string of the molecule is CC(CCC(=O)N(C)C)[C@H]1CC[C@H]2[C@@H]3CC=C4C[C@](C)(O)CC[C@]4(C)[C@H]3CC[C@]12C. The lowest BCUT2D eigenvalue weighted by atomic mass is 9.46. The van der Waals surface area contributed by atoms with Gasteiger partial charge in [-0.2, -0.15) is 0 Å². The first-order valence-corrected chi connectivity index (χ1v) is 12.6. The molecular weight excluding hydrogens is 370 g/mol. The Bertz CT molecular complexity index is 710. The van der Waals surface area contributed by atoms with Gasteiger partial charge >= 0.3 is 0 Å². The normalized spacial score (nSPS) is 46.3. The Balaban J connectivity index is 1.50. The van der Waals surface area contributed by atoms with Crippen LogP contribution >= 0.6 is 0 Å². The van der Waals surface area contributed by atoms with E-state index in [4.69, 9.17) is 0 Å². The summed E-state index contributed by atoms with van der Waals surface area (Å²) in [7, 11) is 3.74. The standard InChI is InChI=1S/C27H45NO2/c1-18(7-12-24(29)28(5)6)21-10-11-22-20-9-8-19-17-25(2,30)15-16-26(19,3)23(20)13-14-27(21,22)4/h8,18,20-23,30H,7,9-17H2,1-6H3/t18?,20-,21+,22-,23-,25+,26-,27+/m0/s1. The summed E-state index contributed by atoms with van der Waals surface area (Å²) in [5.41, 5.74) is 1.82. The number of amides is 1. The van der Waals surface area contributed by atoms with Gasteiger partial charge in [-0.3, -0.25) is 4.79 Å². The van der Waals surface area contributed by atoms with Gasteiger partial charge in [0, 0.05) is 20.5 Å². The largest absolute Gasteiger partial charge is 0.390 e. The van der Waals surface area contributed by atoms with Crippen LogP contribution in [0.1, 0.15) is 91.9 Å². The van der Waals surface area contributed by atoms with E-state index in [0.717, 1.165) is 49.4 Å². The number of allylic oxidation sites excluding steroid dienone is 1. The van der Waals surface area contributed by atoms with Gasteiger partial charge in [-0.05, 0) is 105 Å². The first kappa shape index (κ1) is 22.4. The van der Waals surface area contributed by atoms with E-state index in [-0.39, 0.29) is 5.91 Å². The molecule has 0 aromatic carbocycles. The number of rotatable bonds is 4. The Labute approximate surface area is 184 Å². The van der Waals surface area contributed by atoms with Crippen LogP contribution in [-0.2, 0) is 4.79 Å². The van der Waals surface area contributed by atoms with Gasteiger partial charge in [0.1, 0.15) is 0 Å². The highest BCUT2D eigenvalue weighted by atomic mass is 16.3. The molecule has 170 valence electrons. The molecule has 1 amide bonds. The molecule has 1 unspecified atom stereocenters. The lowest BCUT2D eigenvalue weighted by Gasteiger charge is -2.59. The van der Waals surface area contributed by atoms with E-state index in [1.165, 1.54) is 32.1 Å². The number of aliphatic hydroxyl groups is 1. The molecule has 0 aliphatic heterocycles. The number of hydrogen-bond acceptors (Lipinski definition) is 2. The molecule has 8 atom stereocenters. The summed E-state index contributed by atoms with van der Waals surface area (Å²) in [6, 6.07) is 0. The molecule has 0 spiro atoms. The van der Waals surface area contributed by atoms with Crippen molar-refractivity contribution in [1.29, 1.82) is 0 Å². The fraction of sp³-hybridized carbons (Fsp3) is 0.889. The highest BCUT2D eigenvalue weighted by molar-refractivity contribution is 5.75. The maximum absolute atomic E-state index is 12.1. The van der Waals surface area contributed by atoms with Crippen LogP contribution in [0.15, 0.2) is 11.6 Å². The summed E-state index contributed by atoms with van der Waals surface area (Å²) in [6.07, 6.45) is 13.9. The second-order valence-electron chi connectivity index (χ2n) is 12.5. The van der Waals surface area contributed by atoms with Gasteiger partial charge in [-0.25, -0.2) is 0 Å². The number of carbonyl (C=O) groups is 1. The van der Waals surface area contributed by atoms with Crippen molar-refractivity contribution in [3.8, 4) is 0 Å². The fourth-order valence-corrected chi connectivity index (χ4v) is 8.56. The molecule has 3 nitrogen and oxygen atoms in total. The van der Waals surface area contributed by atoms with Crippen molar-refractivity contribution in [2.45, 2.75) is 97.5 Å². The van der Waals surface area contributed by atoms with E-state index in [9.17, 15) is 9.90 Å². The monoisotopic (exact) mass is 415 g/mol. The minimum atomic E-state index is -0.501. The zero-order chi connectivity index (χ0) is 21.9. The zero-order valence-electron chi connectivity index (χ0n) is 20.3. The molecule has 3 fully saturated rings. The van der Waals surface area contributed by atoms with Gasteiger partial charge in [0.25, 0.3) is 0 Å². The molecular formula is C27H45NO2. The molecule has 0 aromatic rings. The summed E-state index contributed by atoms with van der Waals surface area (Å²) in [4.78, 5) is 13.9. The summed E-state index contributed by atoms with van der Waals surface area (Å²) in [5.74, 6) is 4.14. The highest BCUT2D eigenvalue weighted by Gasteiger charge is 2.59. The Morgan fingerprint density at radius 3 is 2.57 bits per heavy atom. The molecule has 30 heavy (non-hydrogen) atoms. The van der Waals surface area contributed by atoms with Crippen molar-refractivity contribution in [3.05, 3.63) is 11.6 Å². The Morgan fingerprint density at radius 1 is 1.13 bits per heavy atom. The molecule has 4 rings (SSSR count). The highest BCUT2D eigenvalue weighted by Crippen LogP contribution is 2.67. The van der Waals surface area contributed by atoms with Crippen LogP contribution in [0.3, 0.4) is 0 Å². The summed E-state index contributed by atoms with van der Waals surface area (Å²) < 4.78 is 0. The van der Waals surface area contributed by atoms with Crippen molar-refractivity contribution in [1.82, 2.24) is 4.90 Å². The Morgan fingerprint density at radius 2 is 1.87 bits per heavy atom. The van der Waals surface area contributed by atoms with E-state index >= 15 is 0 Å². The van der Waals surface area contributed by atoms with Crippen LogP contribution in [0.2, 0.25) is 0 Å². The Kier molecular flexibility index (Phi) is 5.70. The Hall–Kier alpha value is -0.830. The molecule has 0 heterocycles. The zero-order valence-corrected chi connectivity index (χ0v) is 20.3. The van der Waals surface area contributed by atoms with E-state index in [1.54, 1.807) is 10.5 Å². The smallest absolute Gasteiger partial charge is 0.222 e. The van der Waals surface area contributed by atoms with Crippen molar-refractivity contribution < 1.29 is 9.90 Å². The summed E-state index contributed by atoms with van der Waals surface area (Å²) in [6.45, 7) is 9.57. The van der Waals surface area contributed by atoms with Crippen LogP contribution in [0.5, 0.6) is 0 Å². The van der Waals surface area contributed by atoms with Gasteiger partial charge in [-0.1, -0.05) is 32.4 Å². The van der Waals surface area contributed by atoms with Gasteiger partial charge in [-0.15, -0.1) is 0 Å². The van der Waals surface area contributed by atoms with Gasteiger partial charge in [0.2, 0.25) is 5.91 Å². The van der Waals surface area contributed by atoms with Crippen LogP contribution < -0.4 is 0 Å². The second-order valence-corrected chi connectivity index (χ2v) is 12.5. The van der Waals surface area contributed by atoms with Gasteiger partial charge in [0.15, 0.2) is 0 Å². The lowest BCUT2D eigenvalue weighted by Crippen LogP contribution is -2.52. The average Bonchev–Trinajstić information content (AvgIpc) is 3.03. The van der Waals surface area contributed by atoms with Crippen LogP contribution in [-0.4, -0.2) is 35.6 Å². The second kappa shape index (κ2) is 7.64. The lowest BCUT2D eigenvalue weighted by molar-refractivity contribution is -0.129. The molecule has 0 bridgehead atoms. The summed E-state index contributed by atoms with van der Waals surface area (Å²) in [5, 5.41) is 10.7. The van der Waals surface area contributed by atoms with Crippen molar-refractivity contribution in [2.75, 3.05) is 14.1 Å². The third kappa shape index (κ3) is 3.57. The van der Waals surface area contributed by atoms with Crippen LogP contribution in [0, 0.1) is 40.4 Å². The van der Waals surface area contributed by atoms with E-state index in [1.807, 2.05) is 21.0 Å². The first-order valence-electron chi connectivity index (χ1n) is 12.6. The average molecular weight is 416 g/mol. The number of nitrogens with zero attached hydrogens (tertiary/aromatic N) is 1. The first-order chi connectivity index (χ1) is 14.0. The molecule has 4 aliphatic rings. The third-order valence-electron chi connectivity index (χ3n) is 10.5. The number of fused-ring (bicyclic) bond motifs is 5. The van der Waals surface area contributed by atoms with Crippen molar-refractivity contribution in [2.24, 2.45) is 40.4 Å². The minimum absolute atomic E-state index is 0.274. The van der Waals surface area contributed by atoms with Crippen molar-refractivity contribution in [3.63, 3.8) is 0 Å². The predicted octanol–water partition coefficient (Wildman–Crippen LogP) is 5.82. The quantitative estimate of drug-likeness (QED) is 0.588. The minimum Gasteiger partial charge on any atom is -0.390 e. The molecule has 3 heteroatoms. The number of carbonyl (C=O) groups excluding carboxylic acids is 1. The van der Waals surface area contributed by atoms with Crippen LogP contribution in [0.4, 0.5) is 0 Å². The van der Waals surface area contributed by atoms with Gasteiger partial charge < -0.3 is 10.0 Å². The topological polar surface area (TPSA) is 40.5 Å². The molecule has 0 aromatic heterocycles. The molecule has 3 saturated carbocycles. The van der Waals surface area contributed by atoms with E-state index in [0.29, 0.717) is 23.2 Å². The predicted molar refractivity (Wildman–Crippen MR) is 123 cm³/mol.